The molecule has 4 nitrogen and oxygen atoms in total. The van der Waals surface area contributed by atoms with Crippen molar-refractivity contribution in [3.63, 3.8) is 0 Å². The van der Waals surface area contributed by atoms with Crippen LogP contribution in [-0.4, -0.2) is 16.1 Å². The van der Waals surface area contributed by atoms with Crippen LogP contribution in [0.2, 0.25) is 5.15 Å². The zero-order chi connectivity index (χ0) is 12.3. The minimum Gasteiger partial charge on any atom is -0.478 e. The maximum Gasteiger partial charge on any atom is 0.338 e. The molecule has 0 fully saturated rings. The number of aromatic nitrogens is 1. The number of carbonyl (C=O) groups is 1. The average molecular weight is 270 g/mol. The first-order valence-corrected chi connectivity index (χ1v) is 6.08. The molecule has 0 radical (unpaired) electrons. The van der Waals surface area contributed by atoms with E-state index in [0.29, 0.717) is 10.8 Å². The molecule has 2 rings (SSSR count). The second kappa shape index (κ2) is 5.25. The molecular weight excluding hydrogens is 262 g/mol. The Morgan fingerprint density at radius 1 is 1.47 bits per heavy atom. The fourth-order valence-electron chi connectivity index (χ4n) is 1.22. The van der Waals surface area contributed by atoms with Gasteiger partial charge in [-0.1, -0.05) is 23.4 Å². The minimum absolute atomic E-state index is 0.144. The van der Waals surface area contributed by atoms with Gasteiger partial charge >= 0.3 is 5.97 Å². The molecule has 2 aromatic heterocycles. The number of halogens is 1. The molecule has 0 saturated heterocycles. The molecule has 0 aliphatic rings. The summed E-state index contributed by atoms with van der Waals surface area (Å²) in [6.45, 7) is 0. The third-order valence-corrected chi connectivity index (χ3v) is 3.21. The van der Waals surface area contributed by atoms with Gasteiger partial charge in [-0.3, -0.25) is 0 Å². The lowest BCUT2D eigenvalue weighted by Gasteiger charge is -2.03. The van der Waals surface area contributed by atoms with Crippen molar-refractivity contribution in [2.45, 2.75) is 10.8 Å². The summed E-state index contributed by atoms with van der Waals surface area (Å²) in [7, 11) is 0. The van der Waals surface area contributed by atoms with Crippen LogP contribution in [0.4, 0.5) is 0 Å². The van der Waals surface area contributed by atoms with Gasteiger partial charge in [0, 0.05) is 0 Å². The Balaban J connectivity index is 2.19. The third kappa shape index (κ3) is 3.01. The van der Waals surface area contributed by atoms with E-state index in [2.05, 4.69) is 4.98 Å². The minimum atomic E-state index is -1.02. The van der Waals surface area contributed by atoms with E-state index in [1.165, 1.54) is 23.9 Å². The molecule has 0 aliphatic carbocycles. The lowest BCUT2D eigenvalue weighted by Crippen LogP contribution is -2.00. The number of carboxylic acid groups (broad SMARTS) is 1. The molecule has 1 N–H and O–H groups in total. The summed E-state index contributed by atoms with van der Waals surface area (Å²) in [5, 5.41) is 9.66. The molecule has 0 atom stereocenters. The van der Waals surface area contributed by atoms with Crippen molar-refractivity contribution in [2.75, 3.05) is 0 Å². The van der Waals surface area contributed by atoms with Crippen LogP contribution >= 0.6 is 23.4 Å². The van der Waals surface area contributed by atoms with Crippen LogP contribution in [0.5, 0.6) is 0 Å². The molecule has 0 amide bonds. The maximum atomic E-state index is 11.0. The molecule has 0 saturated carbocycles. The number of rotatable bonds is 4. The van der Waals surface area contributed by atoms with Gasteiger partial charge in [-0.25, -0.2) is 9.78 Å². The predicted molar refractivity (Wildman–Crippen MR) is 64.5 cm³/mol. The van der Waals surface area contributed by atoms with Crippen LogP contribution in [0.25, 0.3) is 0 Å². The summed E-state index contributed by atoms with van der Waals surface area (Å²) in [5.41, 5.74) is 0.144. The fraction of sp³-hybridized carbons (Fsp3) is 0.0909. The lowest BCUT2D eigenvalue weighted by atomic mass is 10.3. The number of hydrogen-bond acceptors (Lipinski definition) is 4. The van der Waals surface area contributed by atoms with Crippen molar-refractivity contribution in [2.24, 2.45) is 0 Å². The molecule has 0 aliphatic heterocycles. The number of pyridine rings is 1. The van der Waals surface area contributed by atoms with Gasteiger partial charge < -0.3 is 9.52 Å². The number of aromatic carboxylic acids is 1. The topological polar surface area (TPSA) is 63.3 Å². The highest BCUT2D eigenvalue weighted by Gasteiger charge is 2.13. The monoisotopic (exact) mass is 269 g/mol. The molecule has 0 aromatic carbocycles. The Morgan fingerprint density at radius 2 is 2.29 bits per heavy atom. The number of hydrogen-bond donors (Lipinski definition) is 1. The molecule has 17 heavy (non-hydrogen) atoms. The van der Waals surface area contributed by atoms with E-state index < -0.39 is 5.97 Å². The van der Waals surface area contributed by atoms with Crippen LogP contribution in [0.1, 0.15) is 16.1 Å². The van der Waals surface area contributed by atoms with Crippen molar-refractivity contribution in [1.29, 1.82) is 0 Å². The van der Waals surface area contributed by atoms with Crippen LogP contribution < -0.4 is 0 Å². The van der Waals surface area contributed by atoms with Crippen LogP contribution in [0.3, 0.4) is 0 Å². The predicted octanol–water partition coefficient (Wildman–Crippen LogP) is 3.32. The van der Waals surface area contributed by atoms with E-state index in [0.717, 1.165) is 5.76 Å². The van der Waals surface area contributed by atoms with Gasteiger partial charge in [0.2, 0.25) is 0 Å². The maximum absolute atomic E-state index is 11.0. The summed E-state index contributed by atoms with van der Waals surface area (Å²) in [6.07, 6.45) is 1.57. The highest BCUT2D eigenvalue weighted by molar-refractivity contribution is 7.98. The van der Waals surface area contributed by atoms with Gasteiger partial charge in [0.1, 0.15) is 15.9 Å². The van der Waals surface area contributed by atoms with Crippen molar-refractivity contribution in [3.05, 3.63) is 47.0 Å². The van der Waals surface area contributed by atoms with Crippen molar-refractivity contribution >= 4 is 29.3 Å². The van der Waals surface area contributed by atoms with E-state index in [-0.39, 0.29) is 10.7 Å². The second-order valence-corrected chi connectivity index (χ2v) is 4.51. The molecule has 88 valence electrons. The number of thioether (sulfide) groups is 1. The Morgan fingerprint density at radius 3 is 2.94 bits per heavy atom. The van der Waals surface area contributed by atoms with Gasteiger partial charge in [-0.05, 0) is 24.3 Å². The molecular formula is C11H8ClNO3S. The van der Waals surface area contributed by atoms with E-state index in [1.807, 2.05) is 6.07 Å². The first kappa shape index (κ1) is 12.0. The van der Waals surface area contributed by atoms with E-state index in [4.69, 9.17) is 21.1 Å². The number of carboxylic acids is 1. The third-order valence-electron chi connectivity index (χ3n) is 1.99. The molecule has 2 aromatic rings. The second-order valence-electron chi connectivity index (χ2n) is 3.16. The highest BCUT2D eigenvalue weighted by Crippen LogP contribution is 2.26. The number of furan rings is 1. The Labute approximate surface area is 107 Å². The van der Waals surface area contributed by atoms with Gasteiger partial charge in [0.15, 0.2) is 0 Å². The molecule has 6 heteroatoms. The normalized spacial score (nSPS) is 10.4. The van der Waals surface area contributed by atoms with Gasteiger partial charge in [-0.15, -0.1) is 0 Å². The summed E-state index contributed by atoms with van der Waals surface area (Å²) in [4.78, 5) is 15.0. The largest absolute Gasteiger partial charge is 0.478 e. The quantitative estimate of drug-likeness (QED) is 0.681. The standard InChI is InChI=1S/C11H8ClNO3S/c12-9-4-3-8(11(14)15)10(13-9)17-6-7-2-1-5-16-7/h1-5H,6H2,(H,14,15). The highest BCUT2D eigenvalue weighted by atomic mass is 35.5. The molecule has 0 unspecified atom stereocenters. The summed E-state index contributed by atoms with van der Waals surface area (Å²) < 4.78 is 5.16. The smallest absolute Gasteiger partial charge is 0.338 e. The van der Waals surface area contributed by atoms with Crippen LogP contribution in [0.15, 0.2) is 40.0 Å². The Bertz CT molecular complexity index is 528. The van der Waals surface area contributed by atoms with Gasteiger partial charge in [0.25, 0.3) is 0 Å². The van der Waals surface area contributed by atoms with E-state index >= 15 is 0 Å². The van der Waals surface area contributed by atoms with Crippen molar-refractivity contribution < 1.29 is 14.3 Å². The number of nitrogens with zero attached hydrogens (tertiary/aromatic N) is 1. The summed E-state index contributed by atoms with van der Waals surface area (Å²) >= 11 is 7.02. The average Bonchev–Trinajstić information content (AvgIpc) is 2.78. The van der Waals surface area contributed by atoms with Crippen LogP contribution in [-0.2, 0) is 5.75 Å². The lowest BCUT2D eigenvalue weighted by molar-refractivity contribution is 0.0692. The van der Waals surface area contributed by atoms with E-state index in [1.54, 1.807) is 12.3 Å². The van der Waals surface area contributed by atoms with Crippen molar-refractivity contribution in [1.82, 2.24) is 4.98 Å². The Hall–Kier alpha value is -1.46. The molecule has 0 bridgehead atoms. The zero-order valence-corrected chi connectivity index (χ0v) is 10.2. The van der Waals surface area contributed by atoms with Gasteiger partial charge in [-0.2, -0.15) is 0 Å². The van der Waals surface area contributed by atoms with E-state index in [9.17, 15) is 4.79 Å². The zero-order valence-electron chi connectivity index (χ0n) is 8.59. The fourth-order valence-corrected chi connectivity index (χ4v) is 2.34. The van der Waals surface area contributed by atoms with Gasteiger partial charge in [0.05, 0.1) is 17.6 Å². The Kier molecular flexibility index (Phi) is 3.71. The van der Waals surface area contributed by atoms with Crippen LogP contribution in [0, 0.1) is 0 Å². The molecule has 2 heterocycles. The first-order chi connectivity index (χ1) is 8.16. The molecule has 0 spiro atoms. The van der Waals surface area contributed by atoms with Crippen molar-refractivity contribution in [3.8, 4) is 0 Å². The first-order valence-electron chi connectivity index (χ1n) is 4.72. The summed E-state index contributed by atoms with van der Waals surface area (Å²) in [5.74, 6) is 0.255. The SMILES string of the molecule is O=C(O)c1ccc(Cl)nc1SCc1ccco1. The summed E-state index contributed by atoms with van der Waals surface area (Å²) in [6, 6.07) is 6.50.